The number of unbranched alkanes of at least 4 members (excludes halogenated alkanes) is 2. The van der Waals surface area contributed by atoms with Crippen LogP contribution >= 0.6 is 0 Å². The summed E-state index contributed by atoms with van der Waals surface area (Å²) in [4.78, 5) is 26.6. The van der Waals surface area contributed by atoms with Gasteiger partial charge in [0.15, 0.2) is 0 Å². The van der Waals surface area contributed by atoms with Crippen molar-refractivity contribution in [3.63, 3.8) is 0 Å². The summed E-state index contributed by atoms with van der Waals surface area (Å²) in [7, 11) is 0. The van der Waals surface area contributed by atoms with E-state index in [2.05, 4.69) is 6.92 Å². The van der Waals surface area contributed by atoms with Gasteiger partial charge in [0.05, 0.1) is 0 Å². The summed E-state index contributed by atoms with van der Waals surface area (Å²) in [5.41, 5.74) is 0. The van der Waals surface area contributed by atoms with Crippen molar-refractivity contribution in [2.24, 2.45) is 0 Å². The lowest BCUT2D eigenvalue weighted by Crippen LogP contribution is -2.50. The Morgan fingerprint density at radius 2 is 1.56 bits per heavy atom. The molecule has 1 aliphatic rings. The van der Waals surface area contributed by atoms with E-state index in [1.54, 1.807) is 11.8 Å². The highest BCUT2D eigenvalue weighted by atomic mass is 16.2. The third-order valence-corrected chi connectivity index (χ3v) is 3.07. The van der Waals surface area contributed by atoms with Crippen LogP contribution in [0.15, 0.2) is 0 Å². The SMILES string of the molecule is CCCCCC(=O)N1CCN(C(C)=O)CC1. The predicted molar refractivity (Wildman–Crippen MR) is 63.0 cm³/mol. The number of carbonyl (C=O) groups excluding carboxylic acids is 2. The monoisotopic (exact) mass is 226 g/mol. The van der Waals surface area contributed by atoms with Gasteiger partial charge in [-0.15, -0.1) is 0 Å². The van der Waals surface area contributed by atoms with Gasteiger partial charge < -0.3 is 9.80 Å². The highest BCUT2D eigenvalue weighted by molar-refractivity contribution is 5.77. The first kappa shape index (κ1) is 13.0. The average molecular weight is 226 g/mol. The van der Waals surface area contributed by atoms with Gasteiger partial charge in [-0.1, -0.05) is 19.8 Å². The zero-order chi connectivity index (χ0) is 12.0. The van der Waals surface area contributed by atoms with E-state index in [4.69, 9.17) is 0 Å². The van der Waals surface area contributed by atoms with Crippen LogP contribution in [0.5, 0.6) is 0 Å². The van der Waals surface area contributed by atoms with Gasteiger partial charge in [0.1, 0.15) is 0 Å². The van der Waals surface area contributed by atoms with Crippen LogP contribution in [0.3, 0.4) is 0 Å². The van der Waals surface area contributed by atoms with E-state index in [0.29, 0.717) is 32.6 Å². The molecule has 4 heteroatoms. The van der Waals surface area contributed by atoms with E-state index in [1.165, 1.54) is 0 Å². The fourth-order valence-electron chi connectivity index (χ4n) is 1.96. The molecule has 1 aliphatic heterocycles. The fourth-order valence-corrected chi connectivity index (χ4v) is 1.96. The molecule has 1 heterocycles. The highest BCUT2D eigenvalue weighted by Gasteiger charge is 2.21. The number of amides is 2. The topological polar surface area (TPSA) is 40.6 Å². The molecule has 92 valence electrons. The van der Waals surface area contributed by atoms with Crippen LogP contribution in [-0.2, 0) is 9.59 Å². The molecule has 4 nitrogen and oxygen atoms in total. The molecule has 1 saturated heterocycles. The molecule has 2 amide bonds. The molecule has 0 aliphatic carbocycles. The molecule has 0 bridgehead atoms. The normalized spacial score (nSPS) is 16.4. The van der Waals surface area contributed by atoms with E-state index >= 15 is 0 Å². The zero-order valence-electron chi connectivity index (χ0n) is 10.4. The van der Waals surface area contributed by atoms with Gasteiger partial charge in [-0.2, -0.15) is 0 Å². The Bertz CT molecular complexity index is 245. The molecule has 0 atom stereocenters. The lowest BCUT2D eigenvalue weighted by Gasteiger charge is -2.34. The smallest absolute Gasteiger partial charge is 0.222 e. The van der Waals surface area contributed by atoms with Crippen molar-refractivity contribution in [1.29, 1.82) is 0 Å². The van der Waals surface area contributed by atoms with Gasteiger partial charge in [-0.05, 0) is 6.42 Å². The van der Waals surface area contributed by atoms with Gasteiger partial charge in [-0.3, -0.25) is 9.59 Å². The van der Waals surface area contributed by atoms with E-state index in [1.807, 2.05) is 4.90 Å². The van der Waals surface area contributed by atoms with E-state index in [9.17, 15) is 9.59 Å². The first-order valence-electron chi connectivity index (χ1n) is 6.18. The first-order valence-corrected chi connectivity index (χ1v) is 6.18. The zero-order valence-corrected chi connectivity index (χ0v) is 10.4. The Hall–Kier alpha value is -1.06. The lowest BCUT2D eigenvalue weighted by atomic mass is 10.2. The lowest BCUT2D eigenvalue weighted by molar-refractivity contribution is -0.138. The Kier molecular flexibility index (Phi) is 5.29. The van der Waals surface area contributed by atoms with Crippen LogP contribution in [0.4, 0.5) is 0 Å². The molecular formula is C12H22N2O2. The summed E-state index contributed by atoms with van der Waals surface area (Å²) in [6, 6.07) is 0. The van der Waals surface area contributed by atoms with E-state index in [0.717, 1.165) is 19.3 Å². The fraction of sp³-hybridized carbons (Fsp3) is 0.833. The van der Waals surface area contributed by atoms with Crippen molar-refractivity contribution in [3.8, 4) is 0 Å². The second-order valence-corrected chi connectivity index (χ2v) is 4.34. The minimum atomic E-state index is 0.109. The molecular weight excluding hydrogens is 204 g/mol. The molecule has 0 spiro atoms. The maximum Gasteiger partial charge on any atom is 0.222 e. The third-order valence-electron chi connectivity index (χ3n) is 3.07. The molecule has 1 rings (SSSR count). The van der Waals surface area contributed by atoms with Gasteiger partial charge in [-0.25, -0.2) is 0 Å². The summed E-state index contributed by atoms with van der Waals surface area (Å²) in [5, 5.41) is 0. The van der Waals surface area contributed by atoms with Crippen molar-refractivity contribution in [1.82, 2.24) is 9.80 Å². The van der Waals surface area contributed by atoms with Gasteiger partial charge in [0.2, 0.25) is 11.8 Å². The van der Waals surface area contributed by atoms with Crippen molar-refractivity contribution >= 4 is 11.8 Å². The standard InChI is InChI=1S/C12H22N2O2/c1-3-4-5-6-12(16)14-9-7-13(8-10-14)11(2)15/h3-10H2,1-2H3. The molecule has 16 heavy (non-hydrogen) atoms. The van der Waals surface area contributed by atoms with Gasteiger partial charge in [0.25, 0.3) is 0 Å². The Balaban J connectivity index is 2.25. The molecule has 0 radical (unpaired) electrons. The van der Waals surface area contributed by atoms with Crippen LogP contribution in [0.1, 0.15) is 39.5 Å². The van der Waals surface area contributed by atoms with Crippen LogP contribution in [0.25, 0.3) is 0 Å². The minimum absolute atomic E-state index is 0.109. The van der Waals surface area contributed by atoms with Crippen LogP contribution in [-0.4, -0.2) is 47.8 Å². The number of piperazine rings is 1. The molecule has 0 unspecified atom stereocenters. The molecule has 0 N–H and O–H groups in total. The Morgan fingerprint density at radius 3 is 2.06 bits per heavy atom. The maximum absolute atomic E-state index is 11.8. The summed E-state index contributed by atoms with van der Waals surface area (Å²) in [5.74, 6) is 0.356. The minimum Gasteiger partial charge on any atom is -0.339 e. The van der Waals surface area contributed by atoms with Crippen molar-refractivity contribution in [2.75, 3.05) is 26.2 Å². The Morgan fingerprint density at radius 1 is 1.00 bits per heavy atom. The summed E-state index contributed by atoms with van der Waals surface area (Å²) in [6.07, 6.45) is 3.92. The largest absolute Gasteiger partial charge is 0.339 e. The number of carbonyl (C=O) groups is 2. The second kappa shape index (κ2) is 6.51. The second-order valence-electron chi connectivity index (χ2n) is 4.34. The predicted octanol–water partition coefficient (Wildman–Crippen LogP) is 1.26. The van der Waals surface area contributed by atoms with Crippen molar-refractivity contribution in [2.45, 2.75) is 39.5 Å². The van der Waals surface area contributed by atoms with Crippen molar-refractivity contribution in [3.05, 3.63) is 0 Å². The maximum atomic E-state index is 11.8. The average Bonchev–Trinajstić information content (AvgIpc) is 2.29. The molecule has 0 aromatic heterocycles. The first-order chi connectivity index (χ1) is 7.65. The number of hydrogen-bond acceptors (Lipinski definition) is 2. The molecule has 0 saturated carbocycles. The van der Waals surface area contributed by atoms with E-state index < -0.39 is 0 Å². The molecule has 0 aromatic rings. The van der Waals surface area contributed by atoms with Crippen LogP contribution < -0.4 is 0 Å². The van der Waals surface area contributed by atoms with Gasteiger partial charge in [0, 0.05) is 39.5 Å². The van der Waals surface area contributed by atoms with Crippen molar-refractivity contribution < 1.29 is 9.59 Å². The number of rotatable bonds is 4. The highest BCUT2D eigenvalue weighted by Crippen LogP contribution is 2.07. The molecule has 0 aromatic carbocycles. The number of nitrogens with zero attached hydrogens (tertiary/aromatic N) is 2. The molecule has 1 fully saturated rings. The van der Waals surface area contributed by atoms with Crippen LogP contribution in [0, 0.1) is 0 Å². The van der Waals surface area contributed by atoms with Crippen LogP contribution in [0.2, 0.25) is 0 Å². The van der Waals surface area contributed by atoms with Gasteiger partial charge >= 0.3 is 0 Å². The summed E-state index contributed by atoms with van der Waals surface area (Å²) < 4.78 is 0. The number of hydrogen-bond donors (Lipinski definition) is 0. The van der Waals surface area contributed by atoms with E-state index in [-0.39, 0.29) is 11.8 Å². The summed E-state index contributed by atoms with van der Waals surface area (Å²) >= 11 is 0. The summed E-state index contributed by atoms with van der Waals surface area (Å²) in [6.45, 7) is 6.49. The Labute approximate surface area is 97.6 Å². The quantitative estimate of drug-likeness (QED) is 0.677. The third kappa shape index (κ3) is 3.83.